The predicted octanol–water partition coefficient (Wildman–Crippen LogP) is 6.58. The van der Waals surface area contributed by atoms with Gasteiger partial charge in [0.25, 0.3) is 0 Å². The number of aryl methyl sites for hydroxylation is 1. The molecule has 2 heterocycles. The number of hydrogen-bond donors (Lipinski definition) is 0. The highest BCUT2D eigenvalue weighted by Gasteiger charge is 2.15. The Morgan fingerprint density at radius 1 is 1.00 bits per heavy atom. The highest BCUT2D eigenvalue weighted by atomic mass is 35.5. The molecule has 2 aromatic heterocycles. The highest BCUT2D eigenvalue weighted by Crippen LogP contribution is 2.32. The van der Waals surface area contributed by atoms with Crippen molar-refractivity contribution in [3.63, 3.8) is 0 Å². The second-order valence-electron chi connectivity index (χ2n) is 7.40. The van der Waals surface area contributed by atoms with Gasteiger partial charge in [0, 0.05) is 35.6 Å². The van der Waals surface area contributed by atoms with Gasteiger partial charge in [-0.25, -0.2) is 4.98 Å². The molecule has 0 saturated heterocycles. The first kappa shape index (κ1) is 21.2. The van der Waals surface area contributed by atoms with E-state index in [9.17, 15) is 8.78 Å². The van der Waals surface area contributed by atoms with Crippen LogP contribution < -0.4 is 4.74 Å². The van der Waals surface area contributed by atoms with Crippen LogP contribution in [0.2, 0.25) is 5.02 Å². The molecule has 0 spiro atoms. The van der Waals surface area contributed by atoms with E-state index in [0.29, 0.717) is 28.5 Å². The van der Waals surface area contributed by atoms with Crippen LogP contribution in [-0.2, 0) is 12.8 Å². The fourth-order valence-electron chi connectivity index (χ4n) is 3.10. The van der Waals surface area contributed by atoms with E-state index in [1.165, 1.54) is 5.56 Å². The van der Waals surface area contributed by atoms with Crippen LogP contribution in [0, 0.1) is 5.92 Å². The lowest BCUT2D eigenvalue weighted by Crippen LogP contribution is -2.06. The lowest BCUT2D eigenvalue weighted by Gasteiger charge is -2.12. The number of rotatable bonds is 8. The molecule has 3 aromatic rings. The Kier molecular flexibility index (Phi) is 7.15. The molecule has 0 unspecified atom stereocenters. The first-order valence-electron chi connectivity index (χ1n) is 9.53. The third-order valence-electron chi connectivity index (χ3n) is 4.51. The lowest BCUT2D eigenvalue weighted by atomic mass is 9.99. The molecule has 0 atom stereocenters. The van der Waals surface area contributed by atoms with Gasteiger partial charge in [0.2, 0.25) is 5.88 Å². The summed E-state index contributed by atoms with van der Waals surface area (Å²) in [5, 5.41) is 0.512. The molecule has 0 aliphatic rings. The maximum Gasteiger partial charge on any atom is 0.388 e. The van der Waals surface area contributed by atoms with Crippen molar-refractivity contribution >= 4 is 11.6 Å². The van der Waals surface area contributed by atoms with E-state index >= 15 is 0 Å². The third kappa shape index (κ3) is 6.23. The molecule has 0 amide bonds. The molecule has 0 N–H and O–H groups in total. The van der Waals surface area contributed by atoms with Crippen LogP contribution in [0.25, 0.3) is 11.1 Å². The second kappa shape index (κ2) is 9.79. The molecule has 29 heavy (non-hydrogen) atoms. The molecule has 0 saturated carbocycles. The zero-order valence-electron chi connectivity index (χ0n) is 16.4. The van der Waals surface area contributed by atoms with Crippen LogP contribution in [0.5, 0.6) is 5.88 Å². The summed E-state index contributed by atoms with van der Waals surface area (Å²) in [7, 11) is 0. The van der Waals surface area contributed by atoms with Gasteiger partial charge in [-0.05, 0) is 59.2 Å². The Balaban J connectivity index is 1.89. The molecule has 0 bridgehead atoms. The Labute approximate surface area is 174 Å². The Morgan fingerprint density at radius 2 is 1.76 bits per heavy atom. The predicted molar refractivity (Wildman–Crippen MR) is 112 cm³/mol. The summed E-state index contributed by atoms with van der Waals surface area (Å²) in [6.07, 6.45) is 7.95. The van der Waals surface area contributed by atoms with Gasteiger partial charge < -0.3 is 4.74 Å². The minimum absolute atomic E-state index is 0.116. The number of aromatic nitrogens is 2. The molecular formula is C23H23ClF2N2O. The topological polar surface area (TPSA) is 35.0 Å². The average Bonchev–Trinajstić information content (AvgIpc) is 2.67. The number of benzene rings is 1. The summed E-state index contributed by atoms with van der Waals surface area (Å²) in [5.41, 5.74) is 4.27. The van der Waals surface area contributed by atoms with Crippen molar-refractivity contribution in [2.45, 2.75) is 39.7 Å². The zero-order valence-corrected chi connectivity index (χ0v) is 17.2. The van der Waals surface area contributed by atoms with E-state index in [1.54, 1.807) is 30.5 Å². The minimum Gasteiger partial charge on any atom is -0.416 e. The molecule has 6 heteroatoms. The number of halogens is 3. The maximum absolute atomic E-state index is 12.8. The van der Waals surface area contributed by atoms with Gasteiger partial charge in [0.15, 0.2) is 0 Å². The molecule has 0 aliphatic heterocycles. The monoisotopic (exact) mass is 416 g/mol. The zero-order chi connectivity index (χ0) is 20.8. The second-order valence-corrected chi connectivity index (χ2v) is 7.83. The molecule has 0 fully saturated rings. The number of pyridine rings is 2. The Hall–Kier alpha value is -2.53. The van der Waals surface area contributed by atoms with Crippen LogP contribution in [0.3, 0.4) is 0 Å². The number of hydrogen-bond acceptors (Lipinski definition) is 3. The number of ether oxygens (including phenoxy) is 1. The van der Waals surface area contributed by atoms with E-state index in [2.05, 4.69) is 34.6 Å². The van der Waals surface area contributed by atoms with E-state index in [4.69, 9.17) is 11.6 Å². The fourth-order valence-corrected chi connectivity index (χ4v) is 3.29. The normalized spacial score (nSPS) is 11.3. The Morgan fingerprint density at radius 3 is 2.48 bits per heavy atom. The molecule has 0 aliphatic carbocycles. The van der Waals surface area contributed by atoms with Gasteiger partial charge >= 0.3 is 6.61 Å². The van der Waals surface area contributed by atoms with Crippen molar-refractivity contribution in [2.75, 3.05) is 0 Å². The molecule has 0 radical (unpaired) electrons. The summed E-state index contributed by atoms with van der Waals surface area (Å²) in [6.45, 7) is 1.44. The fraction of sp³-hybridized carbons (Fsp3) is 0.304. The van der Waals surface area contributed by atoms with Crippen LogP contribution in [-0.4, -0.2) is 16.6 Å². The summed E-state index contributed by atoms with van der Waals surface area (Å²) in [4.78, 5) is 8.48. The number of alkyl halides is 2. The van der Waals surface area contributed by atoms with Crippen molar-refractivity contribution < 1.29 is 13.5 Å². The molecule has 1 aromatic carbocycles. The van der Waals surface area contributed by atoms with Crippen molar-refractivity contribution in [2.24, 2.45) is 5.92 Å². The summed E-state index contributed by atoms with van der Waals surface area (Å²) in [5.74, 6) is 0.514. The SMILES string of the molecule is CC(C)CCc1cncc(Cc2cnc(OC(F)F)c(-c3cccc(Cl)c3)c2)c1. The van der Waals surface area contributed by atoms with Crippen molar-refractivity contribution in [3.8, 4) is 17.0 Å². The largest absolute Gasteiger partial charge is 0.416 e. The first-order valence-corrected chi connectivity index (χ1v) is 9.91. The number of nitrogens with zero attached hydrogens (tertiary/aromatic N) is 2. The quantitative estimate of drug-likeness (QED) is 0.416. The van der Waals surface area contributed by atoms with Gasteiger partial charge in [-0.1, -0.05) is 43.6 Å². The average molecular weight is 417 g/mol. The molecular weight excluding hydrogens is 394 g/mol. The van der Waals surface area contributed by atoms with Crippen molar-refractivity contribution in [1.82, 2.24) is 9.97 Å². The molecule has 3 rings (SSSR count). The van der Waals surface area contributed by atoms with Gasteiger partial charge in [0.05, 0.1) is 0 Å². The van der Waals surface area contributed by atoms with E-state index in [-0.39, 0.29) is 5.88 Å². The van der Waals surface area contributed by atoms with E-state index in [1.807, 2.05) is 18.5 Å². The van der Waals surface area contributed by atoms with Gasteiger partial charge in [-0.15, -0.1) is 0 Å². The van der Waals surface area contributed by atoms with E-state index < -0.39 is 6.61 Å². The molecule has 3 nitrogen and oxygen atoms in total. The van der Waals surface area contributed by atoms with Crippen LogP contribution in [0.1, 0.15) is 37.0 Å². The third-order valence-corrected chi connectivity index (χ3v) is 4.75. The van der Waals surface area contributed by atoms with Gasteiger partial charge in [-0.2, -0.15) is 8.78 Å². The summed E-state index contributed by atoms with van der Waals surface area (Å²) >= 11 is 6.07. The first-order chi connectivity index (χ1) is 13.9. The lowest BCUT2D eigenvalue weighted by molar-refractivity contribution is -0.0524. The highest BCUT2D eigenvalue weighted by molar-refractivity contribution is 6.30. The van der Waals surface area contributed by atoms with Gasteiger partial charge in [-0.3, -0.25) is 4.98 Å². The van der Waals surface area contributed by atoms with Gasteiger partial charge in [0.1, 0.15) is 0 Å². The van der Waals surface area contributed by atoms with Crippen LogP contribution in [0.4, 0.5) is 8.78 Å². The standard InChI is InChI=1S/C23H23ClF2N2O/c1-15(2)6-7-16-8-17(13-27-12-16)9-18-10-21(19-4-3-5-20(24)11-19)22(28-14-18)29-23(25)26/h3-5,8,10-15,23H,6-7,9H2,1-2H3. The smallest absolute Gasteiger partial charge is 0.388 e. The van der Waals surface area contributed by atoms with Crippen LogP contribution >= 0.6 is 11.6 Å². The summed E-state index contributed by atoms with van der Waals surface area (Å²) in [6, 6.07) is 10.9. The summed E-state index contributed by atoms with van der Waals surface area (Å²) < 4.78 is 30.3. The maximum atomic E-state index is 12.8. The minimum atomic E-state index is -2.95. The molecule has 152 valence electrons. The van der Waals surface area contributed by atoms with Crippen molar-refractivity contribution in [3.05, 3.63) is 76.7 Å². The van der Waals surface area contributed by atoms with E-state index in [0.717, 1.165) is 24.0 Å². The Bertz CT molecular complexity index is 963. The van der Waals surface area contributed by atoms with Crippen LogP contribution in [0.15, 0.2) is 55.0 Å². The van der Waals surface area contributed by atoms with Crippen molar-refractivity contribution in [1.29, 1.82) is 0 Å².